The maximum atomic E-state index is 14.0. The van der Waals surface area contributed by atoms with E-state index < -0.39 is 16.8 Å². The van der Waals surface area contributed by atoms with E-state index in [4.69, 9.17) is 10.5 Å². The van der Waals surface area contributed by atoms with Crippen molar-refractivity contribution in [3.63, 3.8) is 0 Å². The van der Waals surface area contributed by atoms with Crippen LogP contribution in [0, 0.1) is 19.7 Å². The van der Waals surface area contributed by atoms with Crippen LogP contribution in [-0.2, 0) is 15.8 Å². The number of fused-ring (bicyclic) bond motifs is 1. The van der Waals surface area contributed by atoms with Gasteiger partial charge in [-0.25, -0.2) is 18.3 Å². The molecule has 13 heteroatoms. The number of H-pyrrole nitrogens is 1. The van der Waals surface area contributed by atoms with Crippen LogP contribution in [-0.4, -0.2) is 59.4 Å². The minimum atomic E-state index is -1.62. The number of benzene rings is 2. The molecule has 0 saturated heterocycles. The van der Waals surface area contributed by atoms with Crippen molar-refractivity contribution in [2.75, 3.05) is 29.3 Å². The van der Waals surface area contributed by atoms with Gasteiger partial charge in [-0.1, -0.05) is 12.1 Å². The molecule has 0 fully saturated rings. The van der Waals surface area contributed by atoms with E-state index in [-0.39, 0.29) is 40.5 Å². The van der Waals surface area contributed by atoms with Crippen molar-refractivity contribution < 1.29 is 22.9 Å². The number of ketones is 1. The summed E-state index contributed by atoms with van der Waals surface area (Å²) in [5.41, 5.74) is 10.1. The first-order valence-corrected chi connectivity index (χ1v) is 15.2. The Morgan fingerprint density at radius 2 is 1.84 bits per heavy atom. The van der Waals surface area contributed by atoms with Gasteiger partial charge in [-0.15, -0.1) is 0 Å². The molecule has 0 radical (unpaired) electrons. The van der Waals surface area contributed by atoms with Crippen molar-refractivity contribution >= 4 is 45.1 Å². The number of aromatic amines is 1. The first kappa shape index (κ1) is 30.4. The molecule has 0 saturated carbocycles. The van der Waals surface area contributed by atoms with Crippen LogP contribution in [0.25, 0.3) is 16.6 Å². The standard InChI is InChI=1S/C31H32FN7O4S/c1-5-38(6-2)29(40)17-44(42)37-23-14-24-20(11-18(23)3)13-25(36-24)30(41)21-15-35-39(31(21)33)26-16-34-28(12-19(26)4)43-27-10-8-7-9-22(27)32/h7-16,36-37H,5-6,17,33H2,1-4H3. The Kier molecular flexibility index (Phi) is 8.76. The molecule has 5 aromatic rings. The van der Waals surface area contributed by atoms with Crippen molar-refractivity contribution in [1.29, 1.82) is 0 Å². The molecule has 0 bridgehead atoms. The van der Waals surface area contributed by atoms with Crippen LogP contribution in [0.1, 0.15) is 41.0 Å². The number of hydrogen-bond donors (Lipinski definition) is 3. The van der Waals surface area contributed by atoms with Gasteiger partial charge in [0.25, 0.3) is 0 Å². The number of aryl methyl sites for hydroxylation is 2. The van der Waals surface area contributed by atoms with Crippen LogP contribution in [0.2, 0.25) is 0 Å². The number of hydrogen-bond acceptors (Lipinski definition) is 7. The molecule has 3 aromatic heterocycles. The molecule has 1 amide bonds. The van der Waals surface area contributed by atoms with Gasteiger partial charge in [-0.3, -0.25) is 9.59 Å². The van der Waals surface area contributed by atoms with Crippen LogP contribution in [0.3, 0.4) is 0 Å². The van der Waals surface area contributed by atoms with E-state index in [9.17, 15) is 18.2 Å². The second-order valence-electron chi connectivity index (χ2n) is 10.1. The monoisotopic (exact) mass is 617 g/mol. The van der Waals surface area contributed by atoms with Crippen LogP contribution >= 0.6 is 0 Å². The summed E-state index contributed by atoms with van der Waals surface area (Å²) in [4.78, 5) is 34.9. The number of carbonyl (C=O) groups excluding carboxylic acids is 2. The third kappa shape index (κ3) is 6.18. The van der Waals surface area contributed by atoms with E-state index in [2.05, 4.69) is 19.8 Å². The van der Waals surface area contributed by atoms with Gasteiger partial charge in [0.05, 0.1) is 35.0 Å². The lowest BCUT2D eigenvalue weighted by atomic mass is 10.1. The summed E-state index contributed by atoms with van der Waals surface area (Å²) in [7, 11) is -1.62. The number of para-hydroxylation sites is 1. The fourth-order valence-electron chi connectivity index (χ4n) is 4.78. The number of nitrogen functional groups attached to an aromatic ring is 1. The highest BCUT2D eigenvalue weighted by molar-refractivity contribution is 7.87. The van der Waals surface area contributed by atoms with Gasteiger partial charge in [0.2, 0.25) is 17.6 Å². The predicted octanol–water partition coefficient (Wildman–Crippen LogP) is 5.05. The minimum absolute atomic E-state index is 0.0497. The molecule has 2 aromatic carbocycles. The van der Waals surface area contributed by atoms with Crippen molar-refractivity contribution in [1.82, 2.24) is 24.6 Å². The number of nitrogens with one attached hydrogen (secondary N) is 2. The third-order valence-electron chi connectivity index (χ3n) is 7.19. The largest absolute Gasteiger partial charge is 0.436 e. The highest BCUT2D eigenvalue weighted by atomic mass is 32.2. The van der Waals surface area contributed by atoms with E-state index in [1.165, 1.54) is 29.2 Å². The average molecular weight is 618 g/mol. The topological polar surface area (TPSA) is 148 Å². The van der Waals surface area contributed by atoms with Crippen LogP contribution < -0.4 is 15.2 Å². The second kappa shape index (κ2) is 12.7. The number of nitrogens with two attached hydrogens (primary N) is 1. The SMILES string of the molecule is CCN(CC)C(=O)CS(=O)Nc1cc2[nH]c(C(=O)c3cnn(-c4cnc(Oc5ccccc5F)cc4C)c3N)cc2cc1C. The van der Waals surface area contributed by atoms with E-state index in [1.54, 1.807) is 42.2 Å². The molecule has 5 rings (SSSR count). The summed E-state index contributed by atoms with van der Waals surface area (Å²) < 4.78 is 36.6. The van der Waals surface area contributed by atoms with E-state index >= 15 is 0 Å². The summed E-state index contributed by atoms with van der Waals surface area (Å²) in [6, 6.07) is 13.0. The number of ether oxygens (including phenoxy) is 1. The Hall–Kier alpha value is -5.04. The molecule has 1 atom stereocenters. The molecular formula is C31H32FN7O4S. The molecule has 3 heterocycles. The smallest absolute Gasteiger partial charge is 0.237 e. The zero-order chi connectivity index (χ0) is 31.5. The number of aromatic nitrogens is 4. The van der Waals surface area contributed by atoms with Crippen molar-refractivity contribution in [3.8, 4) is 17.3 Å². The Bertz CT molecular complexity index is 1900. The molecule has 1 unspecified atom stereocenters. The molecule has 44 heavy (non-hydrogen) atoms. The molecule has 0 aliphatic heterocycles. The lowest BCUT2D eigenvalue weighted by molar-refractivity contribution is -0.128. The van der Waals surface area contributed by atoms with Gasteiger partial charge in [0, 0.05) is 30.1 Å². The molecule has 0 aliphatic carbocycles. The summed E-state index contributed by atoms with van der Waals surface area (Å²) in [6.45, 7) is 8.50. The first-order chi connectivity index (χ1) is 21.1. The number of carbonyl (C=O) groups is 2. The normalized spacial score (nSPS) is 11.8. The maximum absolute atomic E-state index is 14.0. The highest BCUT2D eigenvalue weighted by Crippen LogP contribution is 2.29. The summed E-state index contributed by atoms with van der Waals surface area (Å²) in [6.07, 6.45) is 2.88. The van der Waals surface area contributed by atoms with E-state index in [0.717, 1.165) is 10.9 Å². The first-order valence-electron chi connectivity index (χ1n) is 13.9. The molecule has 0 spiro atoms. The predicted molar refractivity (Wildman–Crippen MR) is 168 cm³/mol. The number of nitrogens with zero attached hydrogens (tertiary/aromatic N) is 4. The van der Waals surface area contributed by atoms with Gasteiger partial charge in [0.1, 0.15) is 22.6 Å². The third-order valence-corrected chi connectivity index (χ3v) is 8.15. The summed E-state index contributed by atoms with van der Waals surface area (Å²) >= 11 is 0. The zero-order valence-corrected chi connectivity index (χ0v) is 25.5. The fourth-order valence-corrected chi connectivity index (χ4v) is 5.72. The van der Waals surface area contributed by atoms with E-state index in [1.807, 2.05) is 26.8 Å². The minimum Gasteiger partial charge on any atom is -0.436 e. The highest BCUT2D eigenvalue weighted by Gasteiger charge is 2.22. The molecular weight excluding hydrogens is 585 g/mol. The number of halogens is 1. The maximum Gasteiger partial charge on any atom is 0.237 e. The van der Waals surface area contributed by atoms with Crippen LogP contribution in [0.4, 0.5) is 15.9 Å². The zero-order valence-electron chi connectivity index (χ0n) is 24.7. The van der Waals surface area contributed by atoms with E-state index in [0.29, 0.717) is 41.2 Å². The lowest BCUT2D eigenvalue weighted by Crippen LogP contribution is -2.35. The van der Waals surface area contributed by atoms with Gasteiger partial charge >= 0.3 is 0 Å². The van der Waals surface area contributed by atoms with Gasteiger partial charge in [-0.2, -0.15) is 5.10 Å². The average Bonchev–Trinajstić information content (AvgIpc) is 3.57. The Labute approximate surface area is 255 Å². The van der Waals surface area contributed by atoms with Crippen molar-refractivity contribution in [2.45, 2.75) is 27.7 Å². The van der Waals surface area contributed by atoms with Gasteiger partial charge in [-0.05, 0) is 69.2 Å². The molecule has 228 valence electrons. The lowest BCUT2D eigenvalue weighted by Gasteiger charge is -2.18. The summed E-state index contributed by atoms with van der Waals surface area (Å²) in [5.74, 6) is -0.846. The summed E-state index contributed by atoms with van der Waals surface area (Å²) in [5, 5.41) is 5.10. The quantitative estimate of drug-likeness (QED) is 0.176. The van der Waals surface area contributed by atoms with Crippen LogP contribution in [0.15, 0.2) is 60.9 Å². The van der Waals surface area contributed by atoms with Crippen molar-refractivity contribution in [3.05, 3.63) is 89.1 Å². The van der Waals surface area contributed by atoms with Gasteiger partial charge < -0.3 is 25.1 Å². The number of rotatable bonds is 11. The Morgan fingerprint density at radius 1 is 1.09 bits per heavy atom. The Balaban J connectivity index is 1.34. The Morgan fingerprint density at radius 3 is 2.55 bits per heavy atom. The van der Waals surface area contributed by atoms with Crippen LogP contribution in [0.5, 0.6) is 11.6 Å². The molecule has 11 nitrogen and oxygen atoms in total. The number of pyridine rings is 1. The van der Waals surface area contributed by atoms with Gasteiger partial charge in [0.15, 0.2) is 11.6 Å². The fraction of sp³-hybridized carbons (Fsp3) is 0.226. The second-order valence-corrected chi connectivity index (χ2v) is 11.3. The number of amides is 1. The van der Waals surface area contributed by atoms with Crippen molar-refractivity contribution in [2.24, 2.45) is 0 Å². The molecule has 0 aliphatic rings. The molecule has 4 N–H and O–H groups in total. The number of anilines is 2.